The summed E-state index contributed by atoms with van der Waals surface area (Å²) in [4.78, 5) is 0. The largest absolute Gasteiger partial charge is 0.336 e. The third-order valence-electron chi connectivity index (χ3n) is 3.55. The third kappa shape index (κ3) is 2.09. The van der Waals surface area contributed by atoms with Crippen LogP contribution >= 0.6 is 0 Å². The van der Waals surface area contributed by atoms with Crippen LogP contribution in [0.25, 0.3) is 33.4 Å². The Labute approximate surface area is 121 Å². The fourth-order valence-electron chi connectivity index (χ4n) is 2.50. The van der Waals surface area contributed by atoms with Crippen LogP contribution in [0.4, 0.5) is 0 Å². The standard InChI is InChI=1S/C18H12N2O/c1-2-7-14(8-3-1)18-17(19-20-21-18)16-11-10-13-6-4-5-9-15(13)12-16/h1-12H. The second-order valence-corrected chi connectivity index (χ2v) is 4.88. The number of rotatable bonds is 2. The smallest absolute Gasteiger partial charge is 0.195 e. The maximum absolute atomic E-state index is 5.36. The summed E-state index contributed by atoms with van der Waals surface area (Å²) in [6.45, 7) is 0. The van der Waals surface area contributed by atoms with Crippen LogP contribution in [0, 0.1) is 0 Å². The van der Waals surface area contributed by atoms with Crippen molar-refractivity contribution in [2.24, 2.45) is 0 Å². The molecule has 0 saturated carbocycles. The molecule has 1 aromatic heterocycles. The van der Waals surface area contributed by atoms with Crippen LogP contribution in [0.3, 0.4) is 0 Å². The van der Waals surface area contributed by atoms with E-state index in [2.05, 4.69) is 34.6 Å². The van der Waals surface area contributed by atoms with E-state index in [4.69, 9.17) is 4.52 Å². The van der Waals surface area contributed by atoms with Gasteiger partial charge in [0.1, 0.15) is 5.69 Å². The molecule has 0 aliphatic carbocycles. The zero-order chi connectivity index (χ0) is 14.1. The van der Waals surface area contributed by atoms with Crippen LogP contribution in [0.2, 0.25) is 0 Å². The Kier molecular flexibility index (Phi) is 2.75. The molecule has 3 aromatic carbocycles. The second-order valence-electron chi connectivity index (χ2n) is 4.88. The highest BCUT2D eigenvalue weighted by Crippen LogP contribution is 2.31. The summed E-state index contributed by atoms with van der Waals surface area (Å²) in [5.41, 5.74) is 2.76. The van der Waals surface area contributed by atoms with Gasteiger partial charge < -0.3 is 4.52 Å². The molecule has 0 bridgehead atoms. The first-order valence-electron chi connectivity index (χ1n) is 6.79. The fraction of sp³-hybridized carbons (Fsp3) is 0. The number of benzene rings is 3. The Bertz CT molecular complexity index is 897. The summed E-state index contributed by atoms with van der Waals surface area (Å²) in [6.07, 6.45) is 0. The molecule has 0 aliphatic heterocycles. The summed E-state index contributed by atoms with van der Waals surface area (Å²) in [5.74, 6) is 0.700. The van der Waals surface area contributed by atoms with Crippen molar-refractivity contribution in [3.05, 3.63) is 72.8 Å². The molecule has 0 spiro atoms. The van der Waals surface area contributed by atoms with Crippen LogP contribution in [0.5, 0.6) is 0 Å². The predicted molar refractivity (Wildman–Crippen MR) is 82.7 cm³/mol. The third-order valence-corrected chi connectivity index (χ3v) is 3.55. The maximum Gasteiger partial charge on any atom is 0.195 e. The van der Waals surface area contributed by atoms with E-state index in [9.17, 15) is 0 Å². The second kappa shape index (κ2) is 4.87. The molecule has 0 amide bonds. The summed E-state index contributed by atoms with van der Waals surface area (Å²) < 4.78 is 5.36. The van der Waals surface area contributed by atoms with E-state index >= 15 is 0 Å². The SMILES string of the molecule is c1ccc(-c2onnc2-c2ccc3ccccc3c2)cc1. The summed E-state index contributed by atoms with van der Waals surface area (Å²) in [7, 11) is 0. The van der Waals surface area contributed by atoms with Gasteiger partial charge in [-0.3, -0.25) is 0 Å². The van der Waals surface area contributed by atoms with E-state index in [1.165, 1.54) is 10.8 Å². The molecular formula is C18H12N2O. The van der Waals surface area contributed by atoms with Crippen LogP contribution in [-0.2, 0) is 0 Å². The van der Waals surface area contributed by atoms with Gasteiger partial charge in [-0.25, -0.2) is 0 Å². The van der Waals surface area contributed by atoms with Gasteiger partial charge in [0.2, 0.25) is 0 Å². The van der Waals surface area contributed by atoms with Crippen LogP contribution < -0.4 is 0 Å². The first-order valence-corrected chi connectivity index (χ1v) is 6.79. The maximum atomic E-state index is 5.36. The summed E-state index contributed by atoms with van der Waals surface area (Å²) >= 11 is 0. The Balaban J connectivity index is 1.88. The number of fused-ring (bicyclic) bond motifs is 1. The van der Waals surface area contributed by atoms with E-state index in [1.54, 1.807) is 0 Å². The minimum absolute atomic E-state index is 0.700. The van der Waals surface area contributed by atoms with Gasteiger partial charge in [-0.1, -0.05) is 66.7 Å². The molecule has 0 aliphatic rings. The van der Waals surface area contributed by atoms with Crippen molar-refractivity contribution in [1.82, 2.24) is 10.4 Å². The predicted octanol–water partition coefficient (Wildman–Crippen LogP) is 4.56. The number of hydrogen-bond acceptors (Lipinski definition) is 3. The van der Waals surface area contributed by atoms with Crippen molar-refractivity contribution in [2.75, 3.05) is 0 Å². The van der Waals surface area contributed by atoms with Crippen molar-refractivity contribution < 1.29 is 4.52 Å². The quantitative estimate of drug-likeness (QED) is 0.537. The van der Waals surface area contributed by atoms with Crippen LogP contribution in [0.15, 0.2) is 77.3 Å². The topological polar surface area (TPSA) is 38.9 Å². The number of nitrogens with zero attached hydrogens (tertiary/aromatic N) is 2. The highest BCUT2D eigenvalue weighted by atomic mass is 16.5. The molecule has 3 heteroatoms. The van der Waals surface area contributed by atoms with Crippen molar-refractivity contribution in [2.45, 2.75) is 0 Å². The highest BCUT2D eigenvalue weighted by Gasteiger charge is 2.14. The molecular weight excluding hydrogens is 260 g/mol. The molecule has 4 rings (SSSR count). The normalized spacial score (nSPS) is 10.9. The summed E-state index contributed by atoms with van der Waals surface area (Å²) in [6, 6.07) is 24.4. The Morgan fingerprint density at radius 3 is 2.29 bits per heavy atom. The zero-order valence-corrected chi connectivity index (χ0v) is 11.2. The van der Waals surface area contributed by atoms with E-state index < -0.39 is 0 Å². The lowest BCUT2D eigenvalue weighted by molar-refractivity contribution is 0.403. The van der Waals surface area contributed by atoms with Gasteiger partial charge in [-0.15, -0.1) is 5.10 Å². The molecule has 0 saturated heterocycles. The van der Waals surface area contributed by atoms with E-state index in [0.29, 0.717) is 5.76 Å². The Hall–Kier alpha value is -2.94. The van der Waals surface area contributed by atoms with Crippen molar-refractivity contribution in [1.29, 1.82) is 0 Å². The number of hydrogen-bond donors (Lipinski definition) is 0. The van der Waals surface area contributed by atoms with Crippen LogP contribution in [-0.4, -0.2) is 10.4 Å². The average Bonchev–Trinajstić information content (AvgIpc) is 3.05. The van der Waals surface area contributed by atoms with Gasteiger partial charge in [0.25, 0.3) is 0 Å². The molecule has 21 heavy (non-hydrogen) atoms. The lowest BCUT2D eigenvalue weighted by atomic mass is 10.0. The van der Waals surface area contributed by atoms with Gasteiger partial charge in [0, 0.05) is 16.4 Å². The zero-order valence-electron chi connectivity index (χ0n) is 11.2. The van der Waals surface area contributed by atoms with Crippen molar-refractivity contribution in [3.63, 3.8) is 0 Å². The fourth-order valence-corrected chi connectivity index (χ4v) is 2.50. The molecule has 0 N–H and O–H groups in total. The van der Waals surface area contributed by atoms with E-state index in [0.717, 1.165) is 16.8 Å². The molecule has 3 nitrogen and oxygen atoms in total. The first kappa shape index (κ1) is 11.9. The lowest BCUT2D eigenvalue weighted by Gasteiger charge is -2.02. The molecule has 1 heterocycles. The molecule has 4 aromatic rings. The van der Waals surface area contributed by atoms with Gasteiger partial charge in [-0.05, 0) is 16.8 Å². The van der Waals surface area contributed by atoms with Gasteiger partial charge in [-0.2, -0.15) is 0 Å². The first-order chi connectivity index (χ1) is 10.4. The Morgan fingerprint density at radius 1 is 0.667 bits per heavy atom. The lowest BCUT2D eigenvalue weighted by Crippen LogP contribution is -1.83. The van der Waals surface area contributed by atoms with E-state index in [-0.39, 0.29) is 0 Å². The van der Waals surface area contributed by atoms with Crippen molar-refractivity contribution >= 4 is 10.8 Å². The molecule has 0 fully saturated rings. The monoisotopic (exact) mass is 272 g/mol. The molecule has 100 valence electrons. The minimum Gasteiger partial charge on any atom is -0.336 e. The van der Waals surface area contributed by atoms with Gasteiger partial charge in [0.15, 0.2) is 5.76 Å². The number of aromatic nitrogens is 2. The van der Waals surface area contributed by atoms with Crippen molar-refractivity contribution in [3.8, 4) is 22.6 Å². The molecule has 0 unspecified atom stereocenters. The van der Waals surface area contributed by atoms with Gasteiger partial charge >= 0.3 is 0 Å². The average molecular weight is 272 g/mol. The minimum atomic E-state index is 0.700. The van der Waals surface area contributed by atoms with Gasteiger partial charge in [0.05, 0.1) is 0 Å². The Morgan fingerprint density at radius 2 is 1.43 bits per heavy atom. The molecule has 0 radical (unpaired) electrons. The van der Waals surface area contributed by atoms with E-state index in [1.807, 2.05) is 48.5 Å². The summed E-state index contributed by atoms with van der Waals surface area (Å²) in [5, 5.41) is 10.3. The molecule has 0 atom stereocenters. The highest BCUT2D eigenvalue weighted by molar-refractivity contribution is 5.88. The van der Waals surface area contributed by atoms with Crippen LogP contribution in [0.1, 0.15) is 0 Å².